The summed E-state index contributed by atoms with van der Waals surface area (Å²) in [6, 6.07) is 9.70. The number of ether oxygens (including phenoxy) is 1. The third-order valence-electron chi connectivity index (χ3n) is 4.28. The Hall–Kier alpha value is -3.18. The molecule has 1 amide bonds. The Labute approximate surface area is 143 Å². The van der Waals surface area contributed by atoms with Crippen molar-refractivity contribution in [3.63, 3.8) is 0 Å². The molecule has 3 aromatic rings. The van der Waals surface area contributed by atoms with Crippen molar-refractivity contribution in [3.05, 3.63) is 41.9 Å². The van der Waals surface area contributed by atoms with E-state index in [1.165, 1.54) is 0 Å². The Morgan fingerprint density at radius 2 is 2.32 bits per heavy atom. The number of nitrogens with one attached hydrogen (secondary N) is 1. The number of hydrogen-bond donors (Lipinski definition) is 1. The minimum Gasteiger partial charge on any atom is -0.366 e. The fourth-order valence-electron chi connectivity index (χ4n) is 3.11. The second kappa shape index (κ2) is 6.37. The number of nitrogens with zero attached hydrogens (tertiary/aromatic N) is 5. The van der Waals surface area contributed by atoms with Crippen molar-refractivity contribution in [3.8, 4) is 12.3 Å². The largest absolute Gasteiger partial charge is 0.366 e. The van der Waals surface area contributed by atoms with Gasteiger partial charge in [-0.05, 0) is 12.1 Å². The van der Waals surface area contributed by atoms with E-state index in [1.807, 2.05) is 34.9 Å². The number of H-pyrrole nitrogens is 1. The minimum atomic E-state index is -0.387. The number of carbonyl (C=O) groups is 1. The third-order valence-corrected chi connectivity index (χ3v) is 4.28. The Balaban J connectivity index is 1.65. The topological polar surface area (TPSA) is 88.9 Å². The van der Waals surface area contributed by atoms with Crippen molar-refractivity contribution in [1.29, 1.82) is 0 Å². The van der Waals surface area contributed by atoms with Gasteiger partial charge in [0.25, 0.3) is 5.91 Å². The summed E-state index contributed by atoms with van der Waals surface area (Å²) in [5.74, 6) is 2.99. The number of fused-ring (bicyclic) bond motifs is 1. The molecule has 3 heterocycles. The Morgan fingerprint density at radius 1 is 1.44 bits per heavy atom. The molecule has 1 atom stereocenters. The van der Waals surface area contributed by atoms with Crippen molar-refractivity contribution < 1.29 is 9.53 Å². The maximum absolute atomic E-state index is 13.1. The average molecular weight is 336 g/mol. The first-order chi connectivity index (χ1) is 12.3. The maximum atomic E-state index is 13.1. The molecule has 1 saturated heterocycles. The zero-order chi connectivity index (χ0) is 17.2. The summed E-state index contributed by atoms with van der Waals surface area (Å²) in [5, 5.41) is 14.8. The Morgan fingerprint density at radius 3 is 3.12 bits per heavy atom. The molecular formula is C17H16N6O2. The first-order valence-electron chi connectivity index (χ1n) is 7.94. The molecule has 0 bridgehead atoms. The van der Waals surface area contributed by atoms with Crippen LogP contribution in [0.5, 0.6) is 0 Å². The van der Waals surface area contributed by atoms with Crippen LogP contribution in [0.2, 0.25) is 0 Å². The lowest BCUT2D eigenvalue weighted by atomic mass is 10.2. The Kier molecular flexibility index (Phi) is 3.91. The fraction of sp³-hybridized carbons (Fsp3) is 0.294. The molecule has 1 aliphatic heterocycles. The van der Waals surface area contributed by atoms with E-state index in [0.717, 1.165) is 10.9 Å². The van der Waals surface area contributed by atoms with E-state index in [0.29, 0.717) is 37.8 Å². The SMILES string of the molecule is C#CCn1c(C(=O)N2CCOC(c3nn[nH]n3)C2)cc2ccccc21. The first-order valence-corrected chi connectivity index (χ1v) is 7.94. The maximum Gasteiger partial charge on any atom is 0.270 e. The van der Waals surface area contributed by atoms with Crippen LogP contribution < -0.4 is 0 Å². The van der Waals surface area contributed by atoms with Crippen LogP contribution in [-0.4, -0.2) is 55.7 Å². The fourth-order valence-corrected chi connectivity index (χ4v) is 3.11. The number of morpholine rings is 1. The van der Waals surface area contributed by atoms with Crippen molar-refractivity contribution in [2.24, 2.45) is 0 Å². The second-order valence-electron chi connectivity index (χ2n) is 5.76. The van der Waals surface area contributed by atoms with Gasteiger partial charge in [0.1, 0.15) is 11.8 Å². The van der Waals surface area contributed by atoms with Crippen LogP contribution >= 0.6 is 0 Å². The average Bonchev–Trinajstić information content (AvgIpc) is 3.30. The van der Waals surface area contributed by atoms with Gasteiger partial charge in [0.05, 0.1) is 19.7 Å². The predicted molar refractivity (Wildman–Crippen MR) is 89.5 cm³/mol. The van der Waals surface area contributed by atoms with Crippen LogP contribution in [0, 0.1) is 12.3 Å². The molecule has 2 aromatic heterocycles. The third kappa shape index (κ3) is 2.75. The molecule has 1 aromatic carbocycles. The lowest BCUT2D eigenvalue weighted by Gasteiger charge is -2.31. The lowest BCUT2D eigenvalue weighted by molar-refractivity contribution is -0.0270. The van der Waals surface area contributed by atoms with Gasteiger partial charge in [-0.2, -0.15) is 5.21 Å². The minimum absolute atomic E-state index is 0.0803. The summed E-state index contributed by atoms with van der Waals surface area (Å²) in [5.41, 5.74) is 1.53. The van der Waals surface area contributed by atoms with Gasteiger partial charge in [0.15, 0.2) is 0 Å². The van der Waals surface area contributed by atoms with Crippen LogP contribution in [0.1, 0.15) is 22.4 Å². The number of hydrogen-bond acceptors (Lipinski definition) is 5. The van der Waals surface area contributed by atoms with Crippen molar-refractivity contribution >= 4 is 16.8 Å². The van der Waals surface area contributed by atoms with Gasteiger partial charge in [-0.15, -0.1) is 16.6 Å². The molecule has 0 aliphatic carbocycles. The predicted octanol–water partition coefficient (Wildman–Crippen LogP) is 1.00. The van der Waals surface area contributed by atoms with Gasteiger partial charge in [0.2, 0.25) is 5.82 Å². The zero-order valence-electron chi connectivity index (χ0n) is 13.4. The van der Waals surface area contributed by atoms with E-state index >= 15 is 0 Å². The van der Waals surface area contributed by atoms with E-state index < -0.39 is 0 Å². The molecule has 1 unspecified atom stereocenters. The van der Waals surface area contributed by atoms with E-state index in [2.05, 4.69) is 26.5 Å². The number of benzene rings is 1. The number of aromatic amines is 1. The molecule has 1 fully saturated rings. The number of rotatable bonds is 3. The van der Waals surface area contributed by atoms with Gasteiger partial charge in [0, 0.05) is 17.4 Å². The molecule has 8 heteroatoms. The van der Waals surface area contributed by atoms with Crippen molar-refractivity contribution in [2.45, 2.75) is 12.6 Å². The van der Waals surface area contributed by atoms with Crippen LogP contribution in [0.15, 0.2) is 30.3 Å². The van der Waals surface area contributed by atoms with Gasteiger partial charge in [-0.3, -0.25) is 4.79 Å². The summed E-state index contributed by atoms with van der Waals surface area (Å²) < 4.78 is 7.53. The van der Waals surface area contributed by atoms with Gasteiger partial charge >= 0.3 is 0 Å². The van der Waals surface area contributed by atoms with Crippen molar-refractivity contribution in [1.82, 2.24) is 30.1 Å². The lowest BCUT2D eigenvalue weighted by Crippen LogP contribution is -2.43. The molecule has 0 spiro atoms. The number of aromatic nitrogens is 5. The highest BCUT2D eigenvalue weighted by Gasteiger charge is 2.30. The number of carbonyl (C=O) groups excluding carboxylic acids is 1. The highest BCUT2D eigenvalue weighted by atomic mass is 16.5. The van der Waals surface area contributed by atoms with Crippen LogP contribution in [0.25, 0.3) is 10.9 Å². The Bertz CT molecular complexity index is 940. The van der Waals surface area contributed by atoms with E-state index in [1.54, 1.807) is 4.90 Å². The summed E-state index contributed by atoms with van der Waals surface area (Å²) in [6.07, 6.45) is 5.11. The van der Waals surface area contributed by atoms with E-state index in [9.17, 15) is 4.79 Å². The number of amides is 1. The van der Waals surface area contributed by atoms with Crippen LogP contribution in [-0.2, 0) is 11.3 Å². The molecule has 25 heavy (non-hydrogen) atoms. The smallest absolute Gasteiger partial charge is 0.270 e. The van der Waals surface area contributed by atoms with E-state index in [-0.39, 0.29) is 12.0 Å². The first kappa shape index (κ1) is 15.4. The summed E-state index contributed by atoms with van der Waals surface area (Å²) in [4.78, 5) is 14.8. The molecular weight excluding hydrogens is 320 g/mol. The number of terminal acetylenes is 1. The molecule has 4 rings (SSSR count). The normalized spacial score (nSPS) is 17.6. The van der Waals surface area contributed by atoms with Gasteiger partial charge in [-0.25, -0.2) is 0 Å². The van der Waals surface area contributed by atoms with Crippen molar-refractivity contribution in [2.75, 3.05) is 19.7 Å². The molecule has 1 N–H and O–H groups in total. The van der Waals surface area contributed by atoms with Gasteiger partial charge in [-0.1, -0.05) is 29.3 Å². The summed E-state index contributed by atoms with van der Waals surface area (Å²) in [6.45, 7) is 1.63. The molecule has 0 saturated carbocycles. The molecule has 1 aliphatic rings. The standard InChI is InChI=1S/C17H16N6O2/c1-2-7-23-13-6-4-3-5-12(13)10-14(23)17(24)22-8-9-25-15(11-22)16-18-20-21-19-16/h1,3-6,10,15H,7-9,11H2,(H,18,19,20,21). The van der Waals surface area contributed by atoms with Gasteiger partial charge < -0.3 is 14.2 Å². The van der Waals surface area contributed by atoms with E-state index in [4.69, 9.17) is 11.2 Å². The number of tetrazole rings is 1. The summed E-state index contributed by atoms with van der Waals surface area (Å²) in [7, 11) is 0. The molecule has 126 valence electrons. The summed E-state index contributed by atoms with van der Waals surface area (Å²) >= 11 is 0. The van der Waals surface area contributed by atoms with Crippen LogP contribution in [0.4, 0.5) is 0 Å². The second-order valence-corrected chi connectivity index (χ2v) is 5.76. The highest BCUT2D eigenvalue weighted by molar-refractivity contribution is 5.99. The monoisotopic (exact) mass is 336 g/mol. The number of para-hydroxylation sites is 1. The van der Waals surface area contributed by atoms with Crippen LogP contribution in [0.3, 0.4) is 0 Å². The molecule has 8 nitrogen and oxygen atoms in total. The highest BCUT2D eigenvalue weighted by Crippen LogP contribution is 2.24. The quantitative estimate of drug-likeness (QED) is 0.721. The zero-order valence-corrected chi connectivity index (χ0v) is 13.4. The molecule has 0 radical (unpaired) electrons.